The molecule has 0 heterocycles. The van der Waals surface area contributed by atoms with Gasteiger partial charge in [-0.05, 0) is 11.6 Å². The Morgan fingerprint density at radius 2 is 1.86 bits per heavy atom. The lowest BCUT2D eigenvalue weighted by molar-refractivity contribution is -0.306. The Labute approximate surface area is 91.8 Å². The number of hydrogen-bond acceptors (Lipinski definition) is 2. The summed E-state index contributed by atoms with van der Waals surface area (Å²) in [6.45, 7) is 0. The van der Waals surface area contributed by atoms with E-state index in [9.17, 15) is 9.90 Å². The molecule has 1 rings (SSSR count). The van der Waals surface area contributed by atoms with Crippen LogP contribution in [0.1, 0.15) is 11.5 Å². The number of aliphatic carboxylic acids is 1. The molecule has 0 aliphatic rings. The molecule has 0 N–H and O–H groups in total. The zero-order chi connectivity index (χ0) is 10.6. The first-order valence-corrected chi connectivity index (χ1v) is 4.65. The Kier molecular flexibility index (Phi) is 3.98. The Balaban J connectivity index is 3.01. The first-order chi connectivity index (χ1) is 6.61. The van der Waals surface area contributed by atoms with Gasteiger partial charge in [-0.2, -0.15) is 0 Å². The van der Waals surface area contributed by atoms with Crippen molar-refractivity contribution in [1.82, 2.24) is 0 Å². The molecule has 0 spiro atoms. The normalized spacial score (nSPS) is 11.9. The molecule has 74 valence electrons. The highest BCUT2D eigenvalue weighted by Crippen LogP contribution is 2.21. The van der Waals surface area contributed by atoms with Crippen LogP contribution in [0.15, 0.2) is 40.9 Å². The highest BCUT2D eigenvalue weighted by molar-refractivity contribution is 6.56. The Morgan fingerprint density at radius 3 is 2.29 bits per heavy atom. The van der Waals surface area contributed by atoms with E-state index in [1.165, 1.54) is 6.08 Å². The number of carboxylic acid groups (broad SMARTS) is 1. The molecule has 1 aromatic carbocycles. The highest BCUT2D eigenvalue weighted by Gasteiger charge is 2.09. The molecule has 0 saturated heterocycles. The van der Waals surface area contributed by atoms with E-state index in [1.54, 1.807) is 30.3 Å². The van der Waals surface area contributed by atoms with E-state index in [-0.39, 0.29) is 4.49 Å². The van der Waals surface area contributed by atoms with Crippen molar-refractivity contribution in [2.75, 3.05) is 0 Å². The lowest BCUT2D eigenvalue weighted by Crippen LogP contribution is -2.28. The van der Waals surface area contributed by atoms with Crippen molar-refractivity contribution in [3.05, 3.63) is 46.5 Å². The van der Waals surface area contributed by atoms with Gasteiger partial charge in [0.05, 0.1) is 5.97 Å². The number of carbonyl (C=O) groups excluding carboxylic acids is 1. The Morgan fingerprint density at radius 1 is 1.29 bits per heavy atom. The molecule has 0 aliphatic heterocycles. The minimum atomic E-state index is -1.23. The van der Waals surface area contributed by atoms with Crippen LogP contribution in [0.3, 0.4) is 0 Å². The molecular weight excluding hydrogens is 223 g/mol. The van der Waals surface area contributed by atoms with Gasteiger partial charge < -0.3 is 9.90 Å². The monoisotopic (exact) mass is 229 g/mol. The molecular formula is C10H7Cl2O2-. The summed E-state index contributed by atoms with van der Waals surface area (Å²) >= 11 is 10.8. The zero-order valence-electron chi connectivity index (χ0n) is 7.11. The van der Waals surface area contributed by atoms with Crippen LogP contribution in [-0.4, -0.2) is 5.97 Å². The maximum atomic E-state index is 10.8. The second-order valence-corrected chi connectivity index (χ2v) is 3.67. The molecule has 0 amide bonds. The molecule has 1 aromatic rings. The van der Waals surface area contributed by atoms with E-state index in [4.69, 9.17) is 23.2 Å². The van der Waals surface area contributed by atoms with Crippen LogP contribution in [0, 0.1) is 0 Å². The first kappa shape index (κ1) is 11.1. The minimum absolute atomic E-state index is 0.0805. The van der Waals surface area contributed by atoms with Gasteiger partial charge in [-0.1, -0.05) is 53.5 Å². The summed E-state index contributed by atoms with van der Waals surface area (Å²) in [4.78, 5) is 10.8. The van der Waals surface area contributed by atoms with Crippen molar-refractivity contribution >= 4 is 29.2 Å². The van der Waals surface area contributed by atoms with Crippen LogP contribution < -0.4 is 5.11 Å². The highest BCUT2D eigenvalue weighted by atomic mass is 35.5. The van der Waals surface area contributed by atoms with Crippen LogP contribution in [-0.2, 0) is 4.79 Å². The van der Waals surface area contributed by atoms with Crippen LogP contribution >= 0.6 is 23.2 Å². The van der Waals surface area contributed by atoms with Gasteiger partial charge in [-0.15, -0.1) is 0 Å². The number of hydrogen-bond donors (Lipinski definition) is 0. The average Bonchev–Trinajstić information content (AvgIpc) is 2.15. The van der Waals surface area contributed by atoms with E-state index >= 15 is 0 Å². The van der Waals surface area contributed by atoms with Gasteiger partial charge in [0.25, 0.3) is 0 Å². The lowest BCUT2D eigenvalue weighted by Gasteiger charge is -2.13. The maximum absolute atomic E-state index is 10.8. The average molecular weight is 230 g/mol. The van der Waals surface area contributed by atoms with E-state index in [0.29, 0.717) is 5.56 Å². The second kappa shape index (κ2) is 5.03. The van der Waals surface area contributed by atoms with Gasteiger partial charge in [0, 0.05) is 5.92 Å². The Bertz CT molecular complexity index is 342. The van der Waals surface area contributed by atoms with Crippen LogP contribution in [0.2, 0.25) is 0 Å². The summed E-state index contributed by atoms with van der Waals surface area (Å²) in [5, 5.41) is 10.8. The second-order valence-electron chi connectivity index (χ2n) is 2.66. The molecule has 2 nitrogen and oxygen atoms in total. The topological polar surface area (TPSA) is 40.1 Å². The summed E-state index contributed by atoms with van der Waals surface area (Å²) in [6, 6.07) is 8.62. The quantitative estimate of drug-likeness (QED) is 0.794. The van der Waals surface area contributed by atoms with Crippen molar-refractivity contribution in [3.63, 3.8) is 0 Å². The number of rotatable bonds is 3. The van der Waals surface area contributed by atoms with Gasteiger partial charge in [-0.3, -0.25) is 0 Å². The van der Waals surface area contributed by atoms with Crippen LogP contribution in [0.5, 0.6) is 0 Å². The van der Waals surface area contributed by atoms with E-state index in [0.717, 1.165) is 0 Å². The van der Waals surface area contributed by atoms with Gasteiger partial charge >= 0.3 is 0 Å². The Hall–Kier alpha value is -0.990. The summed E-state index contributed by atoms with van der Waals surface area (Å²) in [7, 11) is 0. The number of halogens is 2. The minimum Gasteiger partial charge on any atom is -0.549 e. The smallest absolute Gasteiger partial charge is 0.103 e. The third-order valence-corrected chi connectivity index (χ3v) is 1.96. The van der Waals surface area contributed by atoms with E-state index in [2.05, 4.69) is 0 Å². The van der Waals surface area contributed by atoms with Crippen LogP contribution in [0.25, 0.3) is 0 Å². The molecule has 0 radical (unpaired) electrons. The van der Waals surface area contributed by atoms with Crippen molar-refractivity contribution in [1.29, 1.82) is 0 Å². The predicted octanol–water partition coefficient (Wildman–Crippen LogP) is 1.84. The van der Waals surface area contributed by atoms with Crippen LogP contribution in [0.4, 0.5) is 0 Å². The zero-order valence-corrected chi connectivity index (χ0v) is 8.63. The molecule has 1 atom stereocenters. The fourth-order valence-corrected chi connectivity index (χ4v) is 1.34. The standard InChI is InChI=1S/C10H8Cl2O2/c11-9(12)6-8(10(13)14)7-4-2-1-3-5-7/h1-6,8H,(H,13,14)/p-1/t8-/m1/s1. The molecule has 0 unspecified atom stereocenters. The molecule has 0 bridgehead atoms. The molecule has 4 heteroatoms. The van der Waals surface area contributed by atoms with Crippen molar-refractivity contribution in [2.45, 2.75) is 5.92 Å². The predicted molar refractivity (Wildman–Crippen MR) is 54.0 cm³/mol. The summed E-state index contributed by atoms with van der Waals surface area (Å²) in [6.07, 6.45) is 1.23. The summed E-state index contributed by atoms with van der Waals surface area (Å²) < 4.78 is -0.0805. The maximum Gasteiger partial charge on any atom is 0.103 e. The van der Waals surface area contributed by atoms with Gasteiger partial charge in [0.2, 0.25) is 0 Å². The largest absolute Gasteiger partial charge is 0.549 e. The molecule has 0 aromatic heterocycles. The van der Waals surface area contributed by atoms with Gasteiger partial charge in [-0.25, -0.2) is 0 Å². The van der Waals surface area contributed by atoms with E-state index < -0.39 is 11.9 Å². The van der Waals surface area contributed by atoms with Crippen molar-refractivity contribution in [2.24, 2.45) is 0 Å². The molecule has 0 aliphatic carbocycles. The van der Waals surface area contributed by atoms with Crippen molar-refractivity contribution < 1.29 is 9.90 Å². The number of carbonyl (C=O) groups is 1. The molecule has 0 fully saturated rings. The first-order valence-electron chi connectivity index (χ1n) is 3.90. The fraction of sp³-hybridized carbons (Fsp3) is 0.100. The third-order valence-electron chi connectivity index (χ3n) is 1.71. The fourth-order valence-electron chi connectivity index (χ4n) is 1.09. The summed E-state index contributed by atoms with van der Waals surface area (Å²) in [5.41, 5.74) is 0.589. The molecule has 0 saturated carbocycles. The molecule has 14 heavy (non-hydrogen) atoms. The third kappa shape index (κ3) is 3.05. The SMILES string of the molecule is O=C([O-])[C@H](C=C(Cl)Cl)c1ccccc1. The lowest BCUT2D eigenvalue weighted by atomic mass is 10.00. The van der Waals surface area contributed by atoms with Crippen molar-refractivity contribution in [3.8, 4) is 0 Å². The number of benzene rings is 1. The summed E-state index contributed by atoms with van der Waals surface area (Å²) in [5.74, 6) is -2.13. The number of carboxylic acids is 1. The van der Waals surface area contributed by atoms with E-state index in [1.807, 2.05) is 0 Å². The van der Waals surface area contributed by atoms with Gasteiger partial charge in [0.15, 0.2) is 0 Å². The van der Waals surface area contributed by atoms with Gasteiger partial charge in [0.1, 0.15) is 4.49 Å².